The van der Waals surface area contributed by atoms with Crippen LogP contribution in [0, 0.1) is 0 Å². The zero-order valence-corrected chi connectivity index (χ0v) is 11.4. The molecule has 2 nitrogen and oxygen atoms in total. The van der Waals surface area contributed by atoms with Crippen LogP contribution in [-0.2, 0) is 5.54 Å². The number of likely N-dealkylation sites (tertiary alicyclic amines) is 1. The van der Waals surface area contributed by atoms with Crippen LogP contribution in [0.2, 0.25) is 5.02 Å². The molecule has 0 radical (unpaired) electrons. The van der Waals surface area contributed by atoms with Crippen LogP contribution in [0.1, 0.15) is 24.8 Å². The fraction of sp³-hybridized carbons (Fsp3) is 0.571. The lowest BCUT2D eigenvalue weighted by atomic mass is 9.80. The van der Waals surface area contributed by atoms with E-state index in [1.54, 1.807) is 0 Å². The van der Waals surface area contributed by atoms with E-state index < -0.39 is 0 Å². The van der Waals surface area contributed by atoms with Gasteiger partial charge in [-0.3, -0.25) is 4.90 Å². The molecule has 94 valence electrons. The maximum atomic E-state index is 6.13. The second-order valence-electron chi connectivity index (χ2n) is 4.95. The molecule has 3 heteroatoms. The number of likely N-dealkylation sites (N-methyl/N-ethyl adjacent to an activating group) is 2. The number of hydrogen-bond donors (Lipinski definition) is 1. The Balaban J connectivity index is 2.39. The second-order valence-corrected chi connectivity index (χ2v) is 5.39. The summed E-state index contributed by atoms with van der Waals surface area (Å²) in [5.74, 6) is 0. The highest BCUT2D eigenvalue weighted by Gasteiger charge is 2.37. The summed E-state index contributed by atoms with van der Waals surface area (Å²) in [5.41, 5.74) is 1.44. The first-order chi connectivity index (χ1) is 8.19. The highest BCUT2D eigenvalue weighted by molar-refractivity contribution is 6.30. The van der Waals surface area contributed by atoms with E-state index in [2.05, 4.69) is 35.5 Å². The summed E-state index contributed by atoms with van der Waals surface area (Å²) in [4.78, 5) is 2.47. The molecule has 0 spiro atoms. The molecule has 2 rings (SSSR count). The van der Waals surface area contributed by atoms with Crippen LogP contribution >= 0.6 is 11.6 Å². The van der Waals surface area contributed by atoms with E-state index in [-0.39, 0.29) is 5.54 Å². The van der Waals surface area contributed by atoms with Gasteiger partial charge >= 0.3 is 0 Å². The summed E-state index contributed by atoms with van der Waals surface area (Å²) < 4.78 is 0. The molecule has 0 amide bonds. The van der Waals surface area contributed by atoms with E-state index in [0.717, 1.165) is 18.1 Å². The van der Waals surface area contributed by atoms with Crippen molar-refractivity contribution in [3.05, 3.63) is 34.9 Å². The molecule has 1 aliphatic rings. The Labute approximate surface area is 109 Å². The van der Waals surface area contributed by atoms with Crippen molar-refractivity contribution in [2.24, 2.45) is 0 Å². The minimum absolute atomic E-state index is 0.109. The van der Waals surface area contributed by atoms with Crippen LogP contribution in [0.25, 0.3) is 0 Å². The van der Waals surface area contributed by atoms with Crippen molar-refractivity contribution in [3.63, 3.8) is 0 Å². The Bertz CT molecular complexity index is 376. The fourth-order valence-corrected chi connectivity index (χ4v) is 3.12. The summed E-state index contributed by atoms with van der Waals surface area (Å²) in [6.45, 7) is 2.14. The Kier molecular flexibility index (Phi) is 4.08. The van der Waals surface area contributed by atoms with Crippen LogP contribution in [0.15, 0.2) is 24.3 Å². The second kappa shape index (κ2) is 5.38. The summed E-state index contributed by atoms with van der Waals surface area (Å²) in [7, 11) is 4.24. The maximum absolute atomic E-state index is 6.13. The molecule has 1 aliphatic heterocycles. The van der Waals surface area contributed by atoms with Crippen molar-refractivity contribution in [2.75, 3.05) is 27.2 Å². The molecule has 0 saturated carbocycles. The molecule has 17 heavy (non-hydrogen) atoms. The monoisotopic (exact) mass is 252 g/mol. The van der Waals surface area contributed by atoms with Crippen molar-refractivity contribution < 1.29 is 0 Å². The third-order valence-electron chi connectivity index (χ3n) is 3.90. The lowest BCUT2D eigenvalue weighted by molar-refractivity contribution is 0.0716. The van der Waals surface area contributed by atoms with Crippen molar-refractivity contribution in [2.45, 2.75) is 24.8 Å². The van der Waals surface area contributed by atoms with Gasteiger partial charge in [0.1, 0.15) is 0 Å². The van der Waals surface area contributed by atoms with Crippen LogP contribution < -0.4 is 5.32 Å². The number of rotatable bonds is 3. The summed E-state index contributed by atoms with van der Waals surface area (Å²) in [6.07, 6.45) is 3.78. The minimum atomic E-state index is 0.109. The Morgan fingerprint density at radius 3 is 2.88 bits per heavy atom. The lowest BCUT2D eigenvalue weighted by Gasteiger charge is -2.46. The average molecular weight is 253 g/mol. The highest BCUT2D eigenvalue weighted by Crippen LogP contribution is 2.36. The quantitative estimate of drug-likeness (QED) is 0.890. The Morgan fingerprint density at radius 1 is 1.41 bits per heavy atom. The zero-order chi connectivity index (χ0) is 12.3. The molecule has 1 fully saturated rings. The van der Waals surface area contributed by atoms with Gasteiger partial charge in [0.2, 0.25) is 0 Å². The Hall–Kier alpha value is -0.570. The number of nitrogens with zero attached hydrogens (tertiary/aromatic N) is 1. The van der Waals surface area contributed by atoms with Crippen LogP contribution in [0.5, 0.6) is 0 Å². The minimum Gasteiger partial charge on any atom is -0.318 e. The third-order valence-corrected chi connectivity index (χ3v) is 4.13. The SMILES string of the molecule is CNCC1(c2cccc(Cl)c2)CCCCN1C. The molecule has 1 unspecified atom stereocenters. The topological polar surface area (TPSA) is 15.3 Å². The summed E-state index contributed by atoms with van der Waals surface area (Å²) in [5, 5.41) is 4.17. The van der Waals surface area contributed by atoms with E-state index in [4.69, 9.17) is 11.6 Å². The molecule has 1 atom stereocenters. The van der Waals surface area contributed by atoms with Gasteiger partial charge in [0.05, 0.1) is 5.54 Å². The van der Waals surface area contributed by atoms with Gasteiger partial charge in [-0.25, -0.2) is 0 Å². The van der Waals surface area contributed by atoms with E-state index in [1.807, 2.05) is 13.1 Å². The van der Waals surface area contributed by atoms with Crippen molar-refractivity contribution in [3.8, 4) is 0 Å². The molecule has 0 bridgehead atoms. The van der Waals surface area contributed by atoms with Crippen molar-refractivity contribution >= 4 is 11.6 Å². The summed E-state index contributed by atoms with van der Waals surface area (Å²) in [6, 6.07) is 8.31. The molecule has 1 aromatic rings. The van der Waals surface area contributed by atoms with Gasteiger partial charge in [-0.05, 0) is 57.6 Å². The molecule has 1 aromatic carbocycles. The lowest BCUT2D eigenvalue weighted by Crippen LogP contribution is -2.52. The van der Waals surface area contributed by atoms with E-state index in [9.17, 15) is 0 Å². The smallest absolute Gasteiger partial charge is 0.0583 e. The molecule has 1 saturated heterocycles. The normalized spacial score (nSPS) is 26.1. The predicted octanol–water partition coefficient (Wildman–Crippen LogP) is 2.87. The predicted molar refractivity (Wildman–Crippen MR) is 73.5 cm³/mol. The number of benzene rings is 1. The highest BCUT2D eigenvalue weighted by atomic mass is 35.5. The van der Waals surface area contributed by atoms with Gasteiger partial charge in [-0.1, -0.05) is 23.7 Å². The largest absolute Gasteiger partial charge is 0.318 e. The van der Waals surface area contributed by atoms with Gasteiger partial charge in [-0.15, -0.1) is 0 Å². The number of piperidine rings is 1. The zero-order valence-electron chi connectivity index (χ0n) is 10.7. The van der Waals surface area contributed by atoms with Crippen molar-refractivity contribution in [1.29, 1.82) is 0 Å². The van der Waals surface area contributed by atoms with E-state index >= 15 is 0 Å². The average Bonchev–Trinajstić information content (AvgIpc) is 2.32. The molecular weight excluding hydrogens is 232 g/mol. The fourth-order valence-electron chi connectivity index (χ4n) is 2.93. The van der Waals surface area contributed by atoms with Crippen LogP contribution in [-0.4, -0.2) is 32.1 Å². The third kappa shape index (κ3) is 2.49. The number of nitrogens with one attached hydrogen (secondary N) is 1. The number of hydrogen-bond acceptors (Lipinski definition) is 2. The molecule has 1 heterocycles. The molecule has 1 N–H and O–H groups in total. The van der Waals surface area contributed by atoms with Gasteiger partial charge < -0.3 is 5.32 Å². The molecular formula is C14H21ClN2. The van der Waals surface area contributed by atoms with E-state index in [0.29, 0.717) is 0 Å². The standard InChI is InChI=1S/C14H21ClN2/c1-16-11-14(8-3-4-9-17(14)2)12-6-5-7-13(15)10-12/h5-7,10,16H,3-4,8-9,11H2,1-2H3. The van der Waals surface area contributed by atoms with Crippen LogP contribution in [0.4, 0.5) is 0 Å². The van der Waals surface area contributed by atoms with Gasteiger partial charge in [0.15, 0.2) is 0 Å². The van der Waals surface area contributed by atoms with Gasteiger partial charge in [-0.2, -0.15) is 0 Å². The van der Waals surface area contributed by atoms with Gasteiger partial charge in [0.25, 0.3) is 0 Å². The van der Waals surface area contributed by atoms with Gasteiger partial charge in [0, 0.05) is 11.6 Å². The van der Waals surface area contributed by atoms with Crippen LogP contribution in [0.3, 0.4) is 0 Å². The number of halogens is 1. The summed E-state index contributed by atoms with van der Waals surface area (Å²) >= 11 is 6.13. The maximum Gasteiger partial charge on any atom is 0.0583 e. The Morgan fingerprint density at radius 2 is 2.24 bits per heavy atom. The molecule has 0 aliphatic carbocycles. The first-order valence-electron chi connectivity index (χ1n) is 6.31. The van der Waals surface area contributed by atoms with Crippen molar-refractivity contribution in [1.82, 2.24) is 10.2 Å². The van der Waals surface area contributed by atoms with E-state index in [1.165, 1.54) is 24.8 Å². The first kappa shape index (κ1) is 12.9. The molecule has 0 aromatic heterocycles. The first-order valence-corrected chi connectivity index (χ1v) is 6.69.